The van der Waals surface area contributed by atoms with Crippen molar-refractivity contribution in [3.8, 4) is 5.69 Å². The van der Waals surface area contributed by atoms with E-state index in [-0.39, 0.29) is 5.92 Å². The van der Waals surface area contributed by atoms with Crippen LogP contribution in [0.15, 0.2) is 54.9 Å². The summed E-state index contributed by atoms with van der Waals surface area (Å²) in [5.74, 6) is -1.09. The van der Waals surface area contributed by atoms with Gasteiger partial charge >= 0.3 is 6.18 Å². The van der Waals surface area contributed by atoms with Gasteiger partial charge in [-0.2, -0.15) is 18.3 Å². The lowest BCUT2D eigenvalue weighted by molar-refractivity contribution is -0.141. The Morgan fingerprint density at radius 1 is 1.07 bits per heavy atom. The maximum atomic E-state index is 13.1. The standard InChI is InChI=1S/C20H17F3N4O/c21-20(22,23)17-11-16(12-1-2-12)27(26-17)15-5-3-13(4-6-15)18(19(24)28)14-7-9-25-10-8-14/h3-12,18H,1-2H2,(H2,24,28). The third-order valence-electron chi connectivity index (χ3n) is 4.82. The molecule has 8 heteroatoms. The fraction of sp³-hybridized carbons (Fsp3) is 0.250. The second-order valence-corrected chi connectivity index (χ2v) is 6.85. The van der Waals surface area contributed by atoms with Crippen LogP contribution in [0.5, 0.6) is 0 Å². The van der Waals surface area contributed by atoms with Crippen LogP contribution in [-0.4, -0.2) is 20.7 Å². The number of carbonyl (C=O) groups is 1. The number of nitrogens with zero attached hydrogens (tertiary/aromatic N) is 3. The van der Waals surface area contributed by atoms with Gasteiger partial charge in [-0.05, 0) is 54.3 Å². The summed E-state index contributed by atoms with van der Waals surface area (Å²) in [6.07, 6.45) is 0.362. The molecule has 3 aromatic rings. The lowest BCUT2D eigenvalue weighted by atomic mass is 9.91. The molecule has 4 rings (SSSR count). The molecule has 28 heavy (non-hydrogen) atoms. The van der Waals surface area contributed by atoms with Crippen molar-refractivity contribution in [3.63, 3.8) is 0 Å². The number of nitrogens with two attached hydrogens (primary N) is 1. The molecule has 1 saturated carbocycles. The van der Waals surface area contributed by atoms with Crippen LogP contribution < -0.4 is 5.73 Å². The Hall–Kier alpha value is -3.16. The molecular weight excluding hydrogens is 369 g/mol. The van der Waals surface area contributed by atoms with Crippen molar-refractivity contribution < 1.29 is 18.0 Å². The number of aromatic nitrogens is 3. The maximum absolute atomic E-state index is 13.1. The van der Waals surface area contributed by atoms with E-state index in [0.29, 0.717) is 22.5 Å². The molecule has 1 fully saturated rings. The van der Waals surface area contributed by atoms with Crippen LogP contribution in [-0.2, 0) is 11.0 Å². The quantitative estimate of drug-likeness (QED) is 0.725. The van der Waals surface area contributed by atoms with Crippen molar-refractivity contribution in [2.24, 2.45) is 5.73 Å². The zero-order chi connectivity index (χ0) is 19.9. The molecule has 0 bridgehead atoms. The zero-order valence-electron chi connectivity index (χ0n) is 14.7. The van der Waals surface area contributed by atoms with E-state index < -0.39 is 23.7 Å². The van der Waals surface area contributed by atoms with Gasteiger partial charge in [0.25, 0.3) is 0 Å². The molecule has 0 saturated heterocycles. The predicted octanol–water partition coefficient (Wildman–Crippen LogP) is 3.78. The molecule has 144 valence electrons. The second-order valence-electron chi connectivity index (χ2n) is 6.85. The van der Waals surface area contributed by atoms with Gasteiger partial charge in [0.15, 0.2) is 5.69 Å². The van der Waals surface area contributed by atoms with Crippen LogP contribution in [0.4, 0.5) is 13.2 Å². The smallest absolute Gasteiger partial charge is 0.369 e. The van der Waals surface area contributed by atoms with Gasteiger partial charge in [0.2, 0.25) is 5.91 Å². The third kappa shape index (κ3) is 3.49. The zero-order valence-corrected chi connectivity index (χ0v) is 14.7. The van der Waals surface area contributed by atoms with Crippen LogP contribution in [0.2, 0.25) is 0 Å². The van der Waals surface area contributed by atoms with E-state index in [1.165, 1.54) is 4.68 Å². The van der Waals surface area contributed by atoms with Crippen molar-refractivity contribution in [3.05, 3.63) is 77.4 Å². The lowest BCUT2D eigenvalue weighted by Gasteiger charge is -2.15. The minimum Gasteiger partial charge on any atom is -0.369 e. The normalized spacial score (nSPS) is 15.4. The average Bonchev–Trinajstić information content (AvgIpc) is 3.40. The van der Waals surface area contributed by atoms with Gasteiger partial charge in [0.05, 0.1) is 11.6 Å². The van der Waals surface area contributed by atoms with Crippen LogP contribution in [0, 0.1) is 0 Å². The fourth-order valence-corrected chi connectivity index (χ4v) is 3.30. The van der Waals surface area contributed by atoms with E-state index in [0.717, 1.165) is 18.9 Å². The monoisotopic (exact) mass is 386 g/mol. The third-order valence-corrected chi connectivity index (χ3v) is 4.82. The van der Waals surface area contributed by atoms with Crippen LogP contribution >= 0.6 is 0 Å². The van der Waals surface area contributed by atoms with Gasteiger partial charge in [0, 0.05) is 24.0 Å². The summed E-state index contributed by atoms with van der Waals surface area (Å²) in [7, 11) is 0. The molecule has 1 aliphatic carbocycles. The highest BCUT2D eigenvalue weighted by atomic mass is 19.4. The topological polar surface area (TPSA) is 73.8 Å². The first kappa shape index (κ1) is 18.2. The summed E-state index contributed by atoms with van der Waals surface area (Å²) in [6.45, 7) is 0. The molecule has 1 aromatic carbocycles. The minimum atomic E-state index is -4.49. The highest BCUT2D eigenvalue weighted by molar-refractivity contribution is 5.85. The molecule has 0 aliphatic heterocycles. The highest BCUT2D eigenvalue weighted by Gasteiger charge is 2.38. The summed E-state index contributed by atoms with van der Waals surface area (Å²) in [5, 5.41) is 3.77. The molecule has 2 N–H and O–H groups in total. The Balaban J connectivity index is 1.70. The largest absolute Gasteiger partial charge is 0.435 e. The summed E-state index contributed by atoms with van der Waals surface area (Å²) in [6, 6.07) is 11.2. The summed E-state index contributed by atoms with van der Waals surface area (Å²) in [5.41, 5.74) is 7.10. The number of halogens is 3. The van der Waals surface area contributed by atoms with Crippen LogP contribution in [0.3, 0.4) is 0 Å². The number of pyridine rings is 1. The maximum Gasteiger partial charge on any atom is 0.435 e. The summed E-state index contributed by atoms with van der Waals surface area (Å²) >= 11 is 0. The van der Waals surface area contributed by atoms with E-state index in [1.807, 2.05) is 0 Å². The van der Waals surface area contributed by atoms with E-state index in [2.05, 4.69) is 10.1 Å². The number of hydrogen-bond acceptors (Lipinski definition) is 3. The second kappa shape index (κ2) is 6.78. The first-order valence-electron chi connectivity index (χ1n) is 8.81. The number of amides is 1. The highest BCUT2D eigenvalue weighted by Crippen LogP contribution is 2.43. The minimum absolute atomic E-state index is 0.0958. The van der Waals surface area contributed by atoms with E-state index in [9.17, 15) is 18.0 Å². The number of primary amides is 1. The Kier molecular flexibility index (Phi) is 4.41. The molecular formula is C20H17F3N4O. The molecule has 5 nitrogen and oxygen atoms in total. The van der Waals surface area contributed by atoms with Gasteiger partial charge in [-0.3, -0.25) is 9.78 Å². The molecule has 0 radical (unpaired) electrons. The van der Waals surface area contributed by atoms with Gasteiger partial charge in [0.1, 0.15) is 0 Å². The lowest BCUT2D eigenvalue weighted by Crippen LogP contribution is -2.22. The Morgan fingerprint density at radius 3 is 2.21 bits per heavy atom. The number of rotatable bonds is 5. The molecule has 2 heterocycles. The fourth-order valence-electron chi connectivity index (χ4n) is 3.30. The first-order valence-corrected chi connectivity index (χ1v) is 8.81. The van der Waals surface area contributed by atoms with Crippen molar-refractivity contribution in [2.45, 2.75) is 30.9 Å². The first-order chi connectivity index (χ1) is 13.3. The van der Waals surface area contributed by atoms with E-state index in [1.54, 1.807) is 48.8 Å². The van der Waals surface area contributed by atoms with Gasteiger partial charge in [-0.15, -0.1) is 0 Å². The number of benzene rings is 1. The predicted molar refractivity (Wildman–Crippen MR) is 95.8 cm³/mol. The van der Waals surface area contributed by atoms with Crippen molar-refractivity contribution in [1.82, 2.24) is 14.8 Å². The van der Waals surface area contributed by atoms with Gasteiger partial charge in [-0.25, -0.2) is 4.68 Å². The summed E-state index contributed by atoms with van der Waals surface area (Å²) in [4.78, 5) is 15.9. The van der Waals surface area contributed by atoms with E-state index >= 15 is 0 Å². The van der Waals surface area contributed by atoms with Crippen molar-refractivity contribution in [1.29, 1.82) is 0 Å². The molecule has 1 aliphatic rings. The summed E-state index contributed by atoms with van der Waals surface area (Å²) < 4.78 is 40.6. The Morgan fingerprint density at radius 2 is 1.68 bits per heavy atom. The SMILES string of the molecule is NC(=O)C(c1ccncc1)c1ccc(-n2nc(C(F)(F)F)cc2C2CC2)cc1. The van der Waals surface area contributed by atoms with Gasteiger partial charge in [-0.1, -0.05) is 12.1 Å². The molecule has 1 amide bonds. The van der Waals surface area contributed by atoms with Crippen molar-refractivity contribution in [2.75, 3.05) is 0 Å². The Bertz CT molecular complexity index is 993. The molecule has 0 spiro atoms. The van der Waals surface area contributed by atoms with Crippen LogP contribution in [0.25, 0.3) is 5.69 Å². The van der Waals surface area contributed by atoms with Crippen LogP contribution in [0.1, 0.15) is 47.2 Å². The number of alkyl halides is 3. The number of hydrogen-bond donors (Lipinski definition) is 1. The van der Waals surface area contributed by atoms with E-state index in [4.69, 9.17) is 5.73 Å². The Labute approximate surface area is 159 Å². The van der Waals surface area contributed by atoms with Crippen molar-refractivity contribution >= 4 is 5.91 Å². The average molecular weight is 386 g/mol. The molecule has 2 aromatic heterocycles. The molecule has 1 unspecified atom stereocenters. The number of carbonyl (C=O) groups excluding carboxylic acids is 1. The van der Waals surface area contributed by atoms with Gasteiger partial charge < -0.3 is 5.73 Å². The molecule has 1 atom stereocenters.